The van der Waals surface area contributed by atoms with E-state index in [-0.39, 0.29) is 23.0 Å². The standard InChI is InChI=1S/C14H17F3N2O3S/c15-14(16,17)10-1-2-11(12(20)7-10)13(21)19-23(22)5-3-9(8-18)4-6-23/h1-2,7,9,20H,3-6,8,18H2. The molecule has 9 heteroatoms. The first-order chi connectivity index (χ1) is 10.6. The normalized spacial score (nSPS) is 25.1. The summed E-state index contributed by atoms with van der Waals surface area (Å²) in [6.07, 6.45) is -3.45. The molecule has 5 nitrogen and oxygen atoms in total. The van der Waals surface area contributed by atoms with Gasteiger partial charge in [0.15, 0.2) is 0 Å². The van der Waals surface area contributed by atoms with Crippen molar-refractivity contribution in [1.82, 2.24) is 0 Å². The van der Waals surface area contributed by atoms with Crippen LogP contribution < -0.4 is 5.73 Å². The van der Waals surface area contributed by atoms with Gasteiger partial charge in [0, 0.05) is 11.5 Å². The summed E-state index contributed by atoms with van der Waals surface area (Å²) in [6.45, 7) is 0.475. The van der Waals surface area contributed by atoms with Gasteiger partial charge in [-0.2, -0.15) is 17.5 Å². The van der Waals surface area contributed by atoms with E-state index in [1.807, 2.05) is 0 Å². The molecule has 1 aliphatic rings. The number of carbonyl (C=O) groups excluding carboxylic acids is 1. The van der Waals surface area contributed by atoms with E-state index < -0.39 is 33.1 Å². The summed E-state index contributed by atoms with van der Waals surface area (Å²) in [5, 5.41) is 9.63. The molecular formula is C14H17F3N2O3S. The molecule has 0 unspecified atom stereocenters. The van der Waals surface area contributed by atoms with E-state index in [2.05, 4.69) is 4.36 Å². The fraction of sp³-hybridized carbons (Fsp3) is 0.500. The van der Waals surface area contributed by atoms with Crippen LogP contribution in [0.5, 0.6) is 5.75 Å². The van der Waals surface area contributed by atoms with Crippen molar-refractivity contribution in [3.8, 4) is 5.75 Å². The first kappa shape index (κ1) is 17.7. The monoisotopic (exact) mass is 350 g/mol. The number of hydrogen-bond acceptors (Lipinski definition) is 4. The number of aromatic hydroxyl groups is 1. The highest BCUT2D eigenvalue weighted by atomic mass is 32.2. The van der Waals surface area contributed by atoms with Gasteiger partial charge in [0.05, 0.1) is 20.9 Å². The molecule has 0 aromatic heterocycles. The van der Waals surface area contributed by atoms with E-state index in [1.54, 1.807) is 0 Å². The van der Waals surface area contributed by atoms with Gasteiger partial charge in [-0.1, -0.05) is 0 Å². The van der Waals surface area contributed by atoms with Crippen molar-refractivity contribution in [3.05, 3.63) is 29.3 Å². The highest BCUT2D eigenvalue weighted by molar-refractivity contribution is 7.93. The number of carbonyl (C=O) groups is 1. The van der Waals surface area contributed by atoms with Gasteiger partial charge in [0.25, 0.3) is 5.91 Å². The predicted octanol–water partition coefficient (Wildman–Crippen LogP) is 2.39. The molecule has 0 aliphatic carbocycles. The maximum absolute atomic E-state index is 12.5. The SMILES string of the molecule is NCC1CCS(=O)(=NC(=O)c2ccc(C(F)(F)F)cc2O)CC1. The molecule has 0 saturated carbocycles. The zero-order valence-corrected chi connectivity index (χ0v) is 13.0. The van der Waals surface area contributed by atoms with Crippen LogP contribution in [0.1, 0.15) is 28.8 Å². The number of hydrogen-bond donors (Lipinski definition) is 2. The third-order valence-electron chi connectivity index (χ3n) is 3.83. The fourth-order valence-electron chi connectivity index (χ4n) is 2.36. The number of nitrogens with zero attached hydrogens (tertiary/aromatic N) is 1. The van der Waals surface area contributed by atoms with Crippen LogP contribution in [-0.2, 0) is 15.9 Å². The van der Waals surface area contributed by atoms with Gasteiger partial charge in [-0.25, -0.2) is 4.21 Å². The summed E-state index contributed by atoms with van der Waals surface area (Å²) < 4.78 is 53.8. The maximum Gasteiger partial charge on any atom is 0.416 e. The van der Waals surface area contributed by atoms with Gasteiger partial charge < -0.3 is 10.8 Å². The average molecular weight is 350 g/mol. The molecule has 1 aromatic rings. The van der Waals surface area contributed by atoms with Gasteiger partial charge in [0.1, 0.15) is 5.75 Å². The van der Waals surface area contributed by atoms with E-state index in [1.165, 1.54) is 0 Å². The third kappa shape index (κ3) is 4.23. The number of halogens is 3. The zero-order valence-electron chi connectivity index (χ0n) is 12.2. The Morgan fingerprint density at radius 3 is 2.43 bits per heavy atom. The fourth-order valence-corrected chi connectivity index (χ4v) is 4.55. The van der Waals surface area contributed by atoms with Crippen molar-refractivity contribution in [2.75, 3.05) is 18.1 Å². The topological polar surface area (TPSA) is 92.8 Å². The first-order valence-electron chi connectivity index (χ1n) is 7.02. The third-order valence-corrected chi connectivity index (χ3v) is 6.07. The first-order valence-corrected chi connectivity index (χ1v) is 8.87. The zero-order chi connectivity index (χ0) is 17.3. The van der Waals surface area contributed by atoms with Crippen molar-refractivity contribution in [1.29, 1.82) is 0 Å². The lowest BCUT2D eigenvalue weighted by Crippen LogP contribution is -2.28. The minimum Gasteiger partial charge on any atom is -0.507 e. The van der Waals surface area contributed by atoms with E-state index >= 15 is 0 Å². The predicted molar refractivity (Wildman–Crippen MR) is 79.5 cm³/mol. The minimum atomic E-state index is -4.62. The summed E-state index contributed by atoms with van der Waals surface area (Å²) in [5.41, 5.74) is 4.08. The number of rotatable bonds is 2. The second-order valence-electron chi connectivity index (χ2n) is 5.49. The number of nitrogens with two attached hydrogens (primary N) is 1. The van der Waals surface area contributed by atoms with E-state index in [4.69, 9.17) is 5.73 Å². The molecule has 3 N–H and O–H groups in total. The second-order valence-corrected chi connectivity index (χ2v) is 8.03. The van der Waals surface area contributed by atoms with Crippen molar-refractivity contribution in [3.63, 3.8) is 0 Å². The van der Waals surface area contributed by atoms with Gasteiger partial charge in [-0.05, 0) is 43.5 Å². The van der Waals surface area contributed by atoms with E-state index in [9.17, 15) is 27.3 Å². The Hall–Kier alpha value is -1.61. The largest absolute Gasteiger partial charge is 0.507 e. The van der Waals surface area contributed by atoms with Gasteiger partial charge in [-0.15, -0.1) is 0 Å². The summed E-state index contributed by atoms with van der Waals surface area (Å²) >= 11 is 0. The molecule has 0 spiro atoms. The number of phenolic OH excluding ortho intramolecular Hbond substituents is 1. The van der Waals surface area contributed by atoms with Crippen LogP contribution in [0.4, 0.5) is 13.2 Å². The Balaban J connectivity index is 2.25. The van der Waals surface area contributed by atoms with Crippen LogP contribution in [0.3, 0.4) is 0 Å². The Morgan fingerprint density at radius 1 is 1.35 bits per heavy atom. The van der Waals surface area contributed by atoms with E-state index in [0.717, 1.165) is 6.07 Å². The van der Waals surface area contributed by atoms with Crippen LogP contribution in [0.15, 0.2) is 22.6 Å². The summed E-state index contributed by atoms with van der Waals surface area (Å²) in [7, 11) is -2.75. The maximum atomic E-state index is 12.5. The Bertz CT molecular complexity index is 710. The van der Waals surface area contributed by atoms with Gasteiger partial charge in [-0.3, -0.25) is 4.79 Å². The minimum absolute atomic E-state index is 0.224. The number of phenols is 1. The van der Waals surface area contributed by atoms with Gasteiger partial charge >= 0.3 is 6.18 Å². The number of amides is 1. The Labute approximate surface area is 131 Å². The summed E-state index contributed by atoms with van der Waals surface area (Å²) in [6, 6.07) is 1.99. The van der Waals surface area contributed by atoms with Crippen molar-refractivity contribution >= 4 is 15.6 Å². The lowest BCUT2D eigenvalue weighted by atomic mass is 10.0. The summed E-state index contributed by atoms with van der Waals surface area (Å²) in [5.74, 6) is -1.10. The Kier molecular flexibility index (Phi) is 5.00. The smallest absolute Gasteiger partial charge is 0.416 e. The molecular weight excluding hydrogens is 333 g/mol. The molecule has 1 fully saturated rings. The van der Waals surface area contributed by atoms with Crippen molar-refractivity contribution in [2.24, 2.45) is 16.0 Å². The highest BCUT2D eigenvalue weighted by Gasteiger charge is 2.32. The lowest BCUT2D eigenvalue weighted by Gasteiger charge is -2.22. The van der Waals surface area contributed by atoms with Crippen LogP contribution in [-0.4, -0.2) is 33.3 Å². The molecule has 1 heterocycles. The molecule has 0 radical (unpaired) electrons. The molecule has 1 amide bonds. The molecule has 1 saturated heterocycles. The van der Waals surface area contributed by atoms with E-state index in [0.29, 0.717) is 31.5 Å². The van der Waals surface area contributed by atoms with Crippen molar-refractivity contribution < 1.29 is 27.3 Å². The molecule has 0 atom stereocenters. The Morgan fingerprint density at radius 2 is 1.96 bits per heavy atom. The van der Waals surface area contributed by atoms with Crippen LogP contribution in [0.25, 0.3) is 0 Å². The van der Waals surface area contributed by atoms with Gasteiger partial charge in [0.2, 0.25) is 0 Å². The molecule has 1 aliphatic heterocycles. The van der Waals surface area contributed by atoms with Crippen LogP contribution in [0, 0.1) is 5.92 Å². The molecule has 1 aromatic carbocycles. The number of alkyl halides is 3. The summed E-state index contributed by atoms with van der Waals surface area (Å²) in [4.78, 5) is 12.0. The van der Waals surface area contributed by atoms with Crippen molar-refractivity contribution in [2.45, 2.75) is 19.0 Å². The average Bonchev–Trinajstić information content (AvgIpc) is 2.46. The molecule has 23 heavy (non-hydrogen) atoms. The molecule has 0 bridgehead atoms. The highest BCUT2D eigenvalue weighted by Crippen LogP contribution is 2.33. The van der Waals surface area contributed by atoms with Crippen LogP contribution in [0.2, 0.25) is 0 Å². The molecule has 128 valence electrons. The second kappa shape index (κ2) is 6.48. The lowest BCUT2D eigenvalue weighted by molar-refractivity contribution is -0.137. The quantitative estimate of drug-likeness (QED) is 0.856. The number of benzene rings is 1. The van der Waals surface area contributed by atoms with Crippen LogP contribution >= 0.6 is 0 Å². The molecule has 2 rings (SSSR count).